The number of benzene rings is 2. The highest BCUT2D eigenvalue weighted by Gasteiger charge is 2.11. The highest BCUT2D eigenvalue weighted by Crippen LogP contribution is 2.14. The molecular formula is C18H17FN2O5. The van der Waals surface area contributed by atoms with Crippen LogP contribution in [0.3, 0.4) is 0 Å². The van der Waals surface area contributed by atoms with Gasteiger partial charge >= 0.3 is 5.97 Å². The van der Waals surface area contributed by atoms with Crippen molar-refractivity contribution in [1.29, 1.82) is 0 Å². The molecule has 0 saturated heterocycles. The number of halogens is 1. The minimum absolute atomic E-state index is 0.200. The number of ether oxygens (including phenoxy) is 2. The van der Waals surface area contributed by atoms with Gasteiger partial charge in [-0.2, -0.15) is 0 Å². The van der Waals surface area contributed by atoms with Gasteiger partial charge in [0, 0.05) is 5.69 Å². The second-order valence-corrected chi connectivity index (χ2v) is 5.37. The SMILES string of the molecule is Cc1ccc(NC(=O)COC(=O)c2ccc(OCC(N)=O)cc2)cc1F. The third-order valence-corrected chi connectivity index (χ3v) is 3.26. The van der Waals surface area contributed by atoms with Crippen LogP contribution in [0.25, 0.3) is 0 Å². The summed E-state index contributed by atoms with van der Waals surface area (Å²) in [4.78, 5) is 34.3. The van der Waals surface area contributed by atoms with Gasteiger partial charge < -0.3 is 20.5 Å². The smallest absolute Gasteiger partial charge is 0.338 e. The van der Waals surface area contributed by atoms with E-state index in [0.29, 0.717) is 11.3 Å². The third kappa shape index (κ3) is 5.59. The number of hydrogen-bond acceptors (Lipinski definition) is 5. The first-order chi connectivity index (χ1) is 12.3. The monoisotopic (exact) mass is 360 g/mol. The molecule has 2 aromatic carbocycles. The Morgan fingerprint density at radius 1 is 1.08 bits per heavy atom. The molecule has 0 fully saturated rings. The summed E-state index contributed by atoms with van der Waals surface area (Å²) in [6.45, 7) is 0.810. The number of amides is 2. The first-order valence-corrected chi connectivity index (χ1v) is 7.59. The van der Waals surface area contributed by atoms with Gasteiger partial charge in [0.05, 0.1) is 5.56 Å². The normalized spacial score (nSPS) is 10.1. The van der Waals surface area contributed by atoms with E-state index >= 15 is 0 Å². The molecule has 7 nitrogen and oxygen atoms in total. The fourth-order valence-electron chi connectivity index (χ4n) is 1.92. The van der Waals surface area contributed by atoms with E-state index < -0.39 is 30.2 Å². The van der Waals surface area contributed by atoms with E-state index in [1.54, 1.807) is 13.0 Å². The topological polar surface area (TPSA) is 108 Å². The molecule has 0 saturated carbocycles. The van der Waals surface area contributed by atoms with Crippen molar-refractivity contribution in [2.45, 2.75) is 6.92 Å². The van der Waals surface area contributed by atoms with E-state index in [4.69, 9.17) is 15.2 Å². The van der Waals surface area contributed by atoms with Gasteiger partial charge in [0.2, 0.25) is 0 Å². The zero-order chi connectivity index (χ0) is 19.1. The van der Waals surface area contributed by atoms with Crippen molar-refractivity contribution in [2.24, 2.45) is 5.73 Å². The molecule has 0 atom stereocenters. The fourth-order valence-corrected chi connectivity index (χ4v) is 1.92. The summed E-state index contributed by atoms with van der Waals surface area (Å²) in [5.41, 5.74) is 5.88. The van der Waals surface area contributed by atoms with Crippen LogP contribution in [0.2, 0.25) is 0 Å². The maximum Gasteiger partial charge on any atom is 0.338 e. The first-order valence-electron chi connectivity index (χ1n) is 7.59. The lowest BCUT2D eigenvalue weighted by Gasteiger charge is -2.08. The quantitative estimate of drug-likeness (QED) is 0.732. The number of rotatable bonds is 7. The molecule has 2 amide bonds. The van der Waals surface area contributed by atoms with Gasteiger partial charge in [-0.25, -0.2) is 9.18 Å². The van der Waals surface area contributed by atoms with Crippen molar-refractivity contribution in [3.8, 4) is 5.75 Å². The molecule has 26 heavy (non-hydrogen) atoms. The maximum absolute atomic E-state index is 13.4. The van der Waals surface area contributed by atoms with Gasteiger partial charge in [0.15, 0.2) is 13.2 Å². The zero-order valence-electron chi connectivity index (χ0n) is 14.0. The summed E-state index contributed by atoms with van der Waals surface area (Å²) in [5.74, 6) is -2.01. The second kappa shape index (κ2) is 8.61. The van der Waals surface area contributed by atoms with Crippen LogP contribution in [-0.4, -0.2) is 31.0 Å². The minimum Gasteiger partial charge on any atom is -0.484 e. The molecule has 0 radical (unpaired) electrons. The van der Waals surface area contributed by atoms with Crippen molar-refractivity contribution in [1.82, 2.24) is 0 Å². The molecule has 0 heterocycles. The Balaban J connectivity index is 1.84. The molecule has 0 unspecified atom stereocenters. The summed E-state index contributed by atoms with van der Waals surface area (Å²) in [5, 5.41) is 2.43. The average molecular weight is 360 g/mol. The van der Waals surface area contributed by atoms with Gasteiger partial charge in [-0.15, -0.1) is 0 Å². The van der Waals surface area contributed by atoms with Crippen LogP contribution in [0, 0.1) is 12.7 Å². The minimum atomic E-state index is -0.711. The van der Waals surface area contributed by atoms with Crippen molar-refractivity contribution >= 4 is 23.5 Å². The lowest BCUT2D eigenvalue weighted by Crippen LogP contribution is -2.21. The number of anilines is 1. The van der Waals surface area contributed by atoms with Gasteiger partial charge in [0.1, 0.15) is 11.6 Å². The van der Waals surface area contributed by atoms with Crippen molar-refractivity contribution in [3.63, 3.8) is 0 Å². The third-order valence-electron chi connectivity index (χ3n) is 3.26. The lowest BCUT2D eigenvalue weighted by molar-refractivity contribution is -0.120. The molecule has 3 N–H and O–H groups in total. The van der Waals surface area contributed by atoms with Gasteiger partial charge in [-0.1, -0.05) is 6.07 Å². The van der Waals surface area contributed by atoms with Crippen molar-refractivity contribution in [3.05, 3.63) is 59.4 Å². The Hall–Kier alpha value is -3.42. The lowest BCUT2D eigenvalue weighted by atomic mass is 10.2. The van der Waals surface area contributed by atoms with E-state index in [2.05, 4.69) is 5.32 Å². The van der Waals surface area contributed by atoms with Gasteiger partial charge in [-0.3, -0.25) is 9.59 Å². The molecule has 0 bridgehead atoms. The summed E-state index contributed by atoms with van der Waals surface area (Å²) >= 11 is 0. The Bertz CT molecular complexity index is 821. The molecule has 0 aliphatic carbocycles. The maximum atomic E-state index is 13.4. The fraction of sp³-hybridized carbons (Fsp3) is 0.167. The summed E-state index contributed by atoms with van der Waals surface area (Å²) < 4.78 is 23.4. The number of esters is 1. The highest BCUT2D eigenvalue weighted by atomic mass is 19.1. The van der Waals surface area contributed by atoms with E-state index in [1.165, 1.54) is 36.4 Å². The summed E-state index contributed by atoms with van der Waals surface area (Å²) in [6.07, 6.45) is 0. The summed E-state index contributed by atoms with van der Waals surface area (Å²) in [6, 6.07) is 10.0. The largest absolute Gasteiger partial charge is 0.484 e. The van der Waals surface area contributed by atoms with Crippen molar-refractivity contribution in [2.75, 3.05) is 18.5 Å². The van der Waals surface area contributed by atoms with Crippen LogP contribution in [0.5, 0.6) is 5.75 Å². The summed E-state index contributed by atoms with van der Waals surface area (Å²) in [7, 11) is 0. The molecule has 136 valence electrons. The first kappa shape index (κ1) is 18.9. The van der Waals surface area contributed by atoms with E-state index in [0.717, 1.165) is 0 Å². The number of carbonyl (C=O) groups is 3. The number of hydrogen-bond donors (Lipinski definition) is 2. The predicted octanol–water partition coefficient (Wildman–Crippen LogP) is 1.79. The van der Waals surface area contributed by atoms with Crippen LogP contribution in [-0.2, 0) is 14.3 Å². The number of aryl methyl sites for hydroxylation is 1. The molecule has 0 spiro atoms. The highest BCUT2D eigenvalue weighted by molar-refractivity contribution is 5.95. The zero-order valence-corrected chi connectivity index (χ0v) is 14.0. The van der Waals surface area contributed by atoms with Crippen LogP contribution in [0.15, 0.2) is 42.5 Å². The molecule has 0 aliphatic heterocycles. The second-order valence-electron chi connectivity index (χ2n) is 5.37. The molecule has 2 aromatic rings. The Morgan fingerprint density at radius 2 is 1.77 bits per heavy atom. The molecule has 2 rings (SSSR count). The molecule has 0 aromatic heterocycles. The number of nitrogens with one attached hydrogen (secondary N) is 1. The van der Waals surface area contributed by atoms with E-state index in [-0.39, 0.29) is 17.9 Å². The molecule has 8 heteroatoms. The molecular weight excluding hydrogens is 343 g/mol. The van der Waals surface area contributed by atoms with E-state index in [1.807, 2.05) is 0 Å². The average Bonchev–Trinajstić information content (AvgIpc) is 2.61. The predicted molar refractivity (Wildman–Crippen MR) is 91.2 cm³/mol. The standard InChI is InChI=1S/C18H17FN2O5/c1-11-2-5-13(8-15(11)19)21-17(23)10-26-18(24)12-3-6-14(7-4-12)25-9-16(20)22/h2-8H,9-10H2,1H3,(H2,20,22)(H,21,23). The Morgan fingerprint density at radius 3 is 2.38 bits per heavy atom. The number of carbonyl (C=O) groups excluding carboxylic acids is 3. The van der Waals surface area contributed by atoms with E-state index in [9.17, 15) is 18.8 Å². The number of nitrogens with two attached hydrogens (primary N) is 1. The number of primary amides is 1. The molecule has 0 aliphatic rings. The Kier molecular flexibility index (Phi) is 6.26. The van der Waals surface area contributed by atoms with Crippen LogP contribution in [0.4, 0.5) is 10.1 Å². The van der Waals surface area contributed by atoms with Crippen molar-refractivity contribution < 1.29 is 28.2 Å². The Labute approximate surface area is 148 Å². The van der Waals surface area contributed by atoms with Gasteiger partial charge in [0.25, 0.3) is 11.8 Å². The van der Waals surface area contributed by atoms with Crippen LogP contribution >= 0.6 is 0 Å². The van der Waals surface area contributed by atoms with Crippen LogP contribution in [0.1, 0.15) is 15.9 Å². The van der Waals surface area contributed by atoms with Gasteiger partial charge in [-0.05, 0) is 48.9 Å². The van der Waals surface area contributed by atoms with Crippen LogP contribution < -0.4 is 15.8 Å².